The van der Waals surface area contributed by atoms with Crippen LogP contribution in [0.1, 0.15) is 29.1 Å². The average Bonchev–Trinajstić information content (AvgIpc) is 3.19. The maximum Gasteiger partial charge on any atom is 0.287 e. The van der Waals surface area contributed by atoms with E-state index in [9.17, 15) is 4.79 Å². The minimum atomic E-state index is -0.423. The summed E-state index contributed by atoms with van der Waals surface area (Å²) in [5, 5.41) is 3.70. The van der Waals surface area contributed by atoms with Crippen LogP contribution in [-0.4, -0.2) is 53.1 Å². The summed E-state index contributed by atoms with van der Waals surface area (Å²) >= 11 is 0. The van der Waals surface area contributed by atoms with Gasteiger partial charge < -0.3 is 4.52 Å². The van der Waals surface area contributed by atoms with Gasteiger partial charge in [-0.15, -0.1) is 0 Å². The Balaban J connectivity index is 1.51. The highest BCUT2D eigenvalue weighted by atomic mass is 16.5. The van der Waals surface area contributed by atoms with Crippen molar-refractivity contribution in [3.63, 3.8) is 0 Å². The van der Waals surface area contributed by atoms with E-state index in [1.54, 1.807) is 6.07 Å². The molecule has 104 valence electrons. The Bertz CT molecular complexity index is 449. The van der Waals surface area contributed by atoms with Crippen molar-refractivity contribution in [1.29, 1.82) is 0 Å². The van der Waals surface area contributed by atoms with Crippen molar-refractivity contribution in [2.45, 2.75) is 25.4 Å². The molecular weight excluding hydrogens is 246 g/mol. The average molecular weight is 265 g/mol. The van der Waals surface area contributed by atoms with Gasteiger partial charge in [0.05, 0.1) is 6.54 Å². The first-order chi connectivity index (χ1) is 9.26. The second-order valence-electron chi connectivity index (χ2n) is 5.20. The third-order valence-electron chi connectivity index (χ3n) is 3.77. The second kappa shape index (κ2) is 5.28. The molecule has 7 heteroatoms. The zero-order valence-corrected chi connectivity index (χ0v) is 10.8. The molecule has 1 aromatic rings. The molecule has 1 saturated carbocycles. The Morgan fingerprint density at radius 1 is 1.42 bits per heavy atom. The van der Waals surface area contributed by atoms with Gasteiger partial charge in [0.1, 0.15) is 0 Å². The van der Waals surface area contributed by atoms with Gasteiger partial charge in [-0.05, 0) is 12.8 Å². The third kappa shape index (κ3) is 2.94. The Labute approximate surface area is 111 Å². The second-order valence-corrected chi connectivity index (χ2v) is 5.20. The van der Waals surface area contributed by atoms with Gasteiger partial charge in [0.15, 0.2) is 11.5 Å². The normalized spacial score (nSPS) is 21.5. The molecule has 1 amide bonds. The summed E-state index contributed by atoms with van der Waals surface area (Å²) < 4.78 is 5.16. The Kier molecular flexibility index (Phi) is 3.50. The van der Waals surface area contributed by atoms with Crippen LogP contribution in [0, 0.1) is 0 Å². The zero-order valence-electron chi connectivity index (χ0n) is 10.8. The number of amides is 1. The number of nitrogens with two attached hydrogens (primary N) is 1. The van der Waals surface area contributed by atoms with Crippen molar-refractivity contribution in [3.8, 4) is 0 Å². The van der Waals surface area contributed by atoms with Crippen LogP contribution < -0.4 is 11.3 Å². The first kappa shape index (κ1) is 12.6. The smallest absolute Gasteiger partial charge is 0.287 e. The highest BCUT2D eigenvalue weighted by molar-refractivity contribution is 5.91. The standard InChI is InChI=1S/C12H19N5O2/c13-14-12(18)11-7-10(19-15-11)8-16-3-5-17(6-4-16)9-1-2-9/h7,9H,1-6,8,13H2,(H,14,18). The first-order valence-corrected chi connectivity index (χ1v) is 6.69. The van der Waals surface area contributed by atoms with E-state index in [1.807, 2.05) is 5.43 Å². The van der Waals surface area contributed by atoms with E-state index in [0.29, 0.717) is 12.3 Å². The SMILES string of the molecule is NNC(=O)c1cc(CN2CCN(C3CC3)CC2)on1. The lowest BCUT2D eigenvalue weighted by Gasteiger charge is -2.34. The van der Waals surface area contributed by atoms with E-state index in [-0.39, 0.29) is 5.69 Å². The molecule has 1 aliphatic carbocycles. The van der Waals surface area contributed by atoms with E-state index < -0.39 is 5.91 Å². The van der Waals surface area contributed by atoms with Crippen molar-refractivity contribution < 1.29 is 9.32 Å². The maximum absolute atomic E-state index is 11.3. The molecule has 2 heterocycles. The highest BCUT2D eigenvalue weighted by Crippen LogP contribution is 2.27. The topological polar surface area (TPSA) is 87.6 Å². The van der Waals surface area contributed by atoms with E-state index in [2.05, 4.69) is 15.0 Å². The Morgan fingerprint density at radius 3 is 2.79 bits per heavy atom. The molecular formula is C12H19N5O2. The van der Waals surface area contributed by atoms with Crippen molar-refractivity contribution >= 4 is 5.91 Å². The van der Waals surface area contributed by atoms with Crippen LogP contribution in [0.25, 0.3) is 0 Å². The van der Waals surface area contributed by atoms with Gasteiger partial charge in [-0.2, -0.15) is 0 Å². The molecule has 1 saturated heterocycles. The number of hydrogen-bond donors (Lipinski definition) is 2. The number of nitrogens with zero attached hydrogens (tertiary/aromatic N) is 3. The van der Waals surface area contributed by atoms with Crippen molar-refractivity contribution in [2.24, 2.45) is 5.84 Å². The molecule has 0 radical (unpaired) electrons. The minimum Gasteiger partial charge on any atom is -0.359 e. The van der Waals surface area contributed by atoms with E-state index in [4.69, 9.17) is 10.4 Å². The molecule has 3 N–H and O–H groups in total. The van der Waals surface area contributed by atoms with Crippen LogP contribution in [0.5, 0.6) is 0 Å². The lowest BCUT2D eigenvalue weighted by Crippen LogP contribution is -2.46. The van der Waals surface area contributed by atoms with Gasteiger partial charge in [-0.1, -0.05) is 5.16 Å². The molecule has 0 atom stereocenters. The van der Waals surface area contributed by atoms with Crippen LogP contribution in [0.3, 0.4) is 0 Å². The Morgan fingerprint density at radius 2 is 2.16 bits per heavy atom. The molecule has 0 bridgehead atoms. The largest absolute Gasteiger partial charge is 0.359 e. The summed E-state index contributed by atoms with van der Waals surface area (Å²) in [6, 6.07) is 2.49. The van der Waals surface area contributed by atoms with Crippen LogP contribution >= 0.6 is 0 Å². The fourth-order valence-electron chi connectivity index (χ4n) is 2.52. The van der Waals surface area contributed by atoms with Crippen molar-refractivity contribution in [1.82, 2.24) is 20.4 Å². The van der Waals surface area contributed by atoms with Crippen LogP contribution in [0.15, 0.2) is 10.6 Å². The summed E-state index contributed by atoms with van der Waals surface area (Å²) in [6.07, 6.45) is 2.72. The number of carbonyl (C=O) groups excluding carboxylic acids is 1. The predicted molar refractivity (Wildman–Crippen MR) is 68.0 cm³/mol. The van der Waals surface area contributed by atoms with E-state index >= 15 is 0 Å². The minimum absolute atomic E-state index is 0.231. The molecule has 0 unspecified atom stereocenters. The number of carbonyl (C=O) groups is 1. The Hall–Kier alpha value is -1.44. The van der Waals surface area contributed by atoms with Crippen molar-refractivity contribution in [3.05, 3.63) is 17.5 Å². The number of hydrazine groups is 1. The molecule has 19 heavy (non-hydrogen) atoms. The van der Waals surface area contributed by atoms with E-state index in [1.165, 1.54) is 12.8 Å². The van der Waals surface area contributed by atoms with Gasteiger partial charge >= 0.3 is 0 Å². The summed E-state index contributed by atoms with van der Waals surface area (Å²) in [7, 11) is 0. The maximum atomic E-state index is 11.3. The molecule has 2 aliphatic rings. The fraction of sp³-hybridized carbons (Fsp3) is 0.667. The zero-order chi connectivity index (χ0) is 13.2. The van der Waals surface area contributed by atoms with E-state index in [0.717, 1.165) is 32.2 Å². The molecule has 0 spiro atoms. The number of aromatic nitrogens is 1. The molecule has 1 aromatic heterocycles. The highest BCUT2D eigenvalue weighted by Gasteiger charge is 2.31. The summed E-state index contributed by atoms with van der Waals surface area (Å²) in [5.41, 5.74) is 2.27. The third-order valence-corrected chi connectivity index (χ3v) is 3.77. The van der Waals surface area contributed by atoms with Crippen LogP contribution in [0.2, 0.25) is 0 Å². The van der Waals surface area contributed by atoms with Gasteiger partial charge in [-0.3, -0.25) is 20.0 Å². The molecule has 1 aliphatic heterocycles. The van der Waals surface area contributed by atoms with Crippen molar-refractivity contribution in [2.75, 3.05) is 26.2 Å². The lowest BCUT2D eigenvalue weighted by atomic mass is 10.2. The van der Waals surface area contributed by atoms with Crippen LogP contribution in [-0.2, 0) is 6.54 Å². The monoisotopic (exact) mass is 265 g/mol. The first-order valence-electron chi connectivity index (χ1n) is 6.69. The number of nitrogens with one attached hydrogen (secondary N) is 1. The number of nitrogen functional groups attached to an aromatic ring is 1. The number of hydrogen-bond acceptors (Lipinski definition) is 6. The summed E-state index contributed by atoms with van der Waals surface area (Å²) in [6.45, 7) is 5.01. The van der Waals surface area contributed by atoms with Gasteiger partial charge in [-0.25, -0.2) is 5.84 Å². The fourth-order valence-corrected chi connectivity index (χ4v) is 2.52. The van der Waals surface area contributed by atoms with Gasteiger partial charge in [0.2, 0.25) is 0 Å². The molecule has 3 rings (SSSR count). The predicted octanol–water partition coefficient (Wildman–Crippen LogP) is -0.442. The number of rotatable bonds is 4. The summed E-state index contributed by atoms with van der Waals surface area (Å²) in [5.74, 6) is 5.33. The molecule has 7 nitrogen and oxygen atoms in total. The number of piperazine rings is 1. The molecule has 2 fully saturated rings. The molecule has 0 aromatic carbocycles. The lowest BCUT2D eigenvalue weighted by molar-refractivity contribution is 0.0943. The van der Waals surface area contributed by atoms with Crippen LogP contribution in [0.4, 0.5) is 0 Å². The van der Waals surface area contributed by atoms with Gasteiger partial charge in [0, 0.05) is 38.3 Å². The van der Waals surface area contributed by atoms with Gasteiger partial charge in [0.25, 0.3) is 5.91 Å². The summed E-state index contributed by atoms with van der Waals surface area (Å²) in [4.78, 5) is 16.1. The quantitative estimate of drug-likeness (QED) is 0.436.